The molecule has 0 atom stereocenters. The largest absolute Gasteiger partial charge is 0.497 e. The molecule has 1 N–H and O–H groups in total. The Morgan fingerprint density at radius 1 is 1.21 bits per heavy atom. The Balaban J connectivity index is 1.37. The van der Waals surface area contributed by atoms with Crippen LogP contribution in [0.25, 0.3) is 10.9 Å². The molecule has 5 rings (SSSR count). The number of aromatic nitrogens is 3. The van der Waals surface area contributed by atoms with Crippen molar-refractivity contribution < 1.29 is 14.3 Å². The normalized spacial score (nSPS) is 16.7. The van der Waals surface area contributed by atoms with Crippen LogP contribution in [0.15, 0.2) is 30.5 Å². The highest BCUT2D eigenvalue weighted by molar-refractivity contribution is 5.98. The van der Waals surface area contributed by atoms with Crippen LogP contribution in [0.1, 0.15) is 21.7 Å². The van der Waals surface area contributed by atoms with Gasteiger partial charge in [0.1, 0.15) is 11.4 Å². The lowest BCUT2D eigenvalue weighted by Crippen LogP contribution is -2.39. The van der Waals surface area contributed by atoms with Crippen LogP contribution in [0.4, 0.5) is 5.95 Å². The van der Waals surface area contributed by atoms with Gasteiger partial charge in [-0.15, -0.1) is 0 Å². The lowest BCUT2D eigenvalue weighted by Gasteiger charge is -2.30. The second-order valence-electron chi connectivity index (χ2n) is 7.35. The van der Waals surface area contributed by atoms with Gasteiger partial charge in [-0.1, -0.05) is 0 Å². The Labute approximate surface area is 168 Å². The highest BCUT2D eigenvalue weighted by Gasteiger charge is 2.25. The van der Waals surface area contributed by atoms with E-state index in [1.807, 2.05) is 35.4 Å². The van der Waals surface area contributed by atoms with E-state index < -0.39 is 0 Å². The molecule has 3 aromatic rings. The molecular weight excluding hydrogens is 370 g/mol. The zero-order valence-corrected chi connectivity index (χ0v) is 16.4. The lowest BCUT2D eigenvalue weighted by atomic mass is 10.1. The molecule has 0 radical (unpaired) electrons. The van der Waals surface area contributed by atoms with Crippen molar-refractivity contribution in [2.45, 2.75) is 13.0 Å². The molecule has 1 fully saturated rings. The molecule has 2 aliphatic rings. The number of fused-ring (bicyclic) bond motifs is 2. The number of amides is 1. The smallest absolute Gasteiger partial charge is 0.270 e. The molecule has 2 aliphatic heterocycles. The van der Waals surface area contributed by atoms with Gasteiger partial charge < -0.3 is 24.3 Å². The number of morpholine rings is 1. The number of benzene rings is 1. The summed E-state index contributed by atoms with van der Waals surface area (Å²) < 4.78 is 10.7. The number of ether oxygens (including phenoxy) is 2. The summed E-state index contributed by atoms with van der Waals surface area (Å²) in [6.07, 6.45) is 2.67. The molecule has 29 heavy (non-hydrogen) atoms. The number of methoxy groups -OCH3 is 1. The van der Waals surface area contributed by atoms with Gasteiger partial charge in [-0.2, -0.15) is 0 Å². The predicted octanol–water partition coefficient (Wildman–Crippen LogP) is 2.00. The summed E-state index contributed by atoms with van der Waals surface area (Å²) in [5, 5.41) is 0.989. The van der Waals surface area contributed by atoms with Gasteiger partial charge in [0.05, 0.1) is 32.6 Å². The first-order valence-electron chi connectivity index (χ1n) is 9.85. The van der Waals surface area contributed by atoms with E-state index in [2.05, 4.69) is 14.9 Å². The molecule has 1 aromatic carbocycles. The number of carbonyl (C=O) groups excluding carboxylic acids is 1. The minimum atomic E-state index is -0.0163. The number of aromatic amines is 1. The average molecular weight is 393 g/mol. The standard InChI is InChI=1S/C21H23N5O3/c1-28-16-3-2-14-10-18(23-17(14)11-16)20(27)26-5-4-15-12-22-21(24-19(15)13-26)25-6-8-29-9-7-25/h2-3,10-12,23H,4-9,13H2,1H3. The quantitative estimate of drug-likeness (QED) is 0.733. The summed E-state index contributed by atoms with van der Waals surface area (Å²) in [5.74, 6) is 1.47. The van der Waals surface area contributed by atoms with Crippen LogP contribution >= 0.6 is 0 Å². The molecule has 0 bridgehead atoms. The monoisotopic (exact) mass is 393 g/mol. The van der Waals surface area contributed by atoms with Crippen molar-refractivity contribution in [3.63, 3.8) is 0 Å². The Kier molecular flexibility index (Phi) is 4.55. The molecule has 0 saturated carbocycles. The summed E-state index contributed by atoms with van der Waals surface area (Å²) in [4.78, 5) is 29.6. The molecule has 8 heteroatoms. The number of rotatable bonds is 3. The van der Waals surface area contributed by atoms with E-state index in [0.29, 0.717) is 32.0 Å². The van der Waals surface area contributed by atoms with E-state index >= 15 is 0 Å². The Hall–Kier alpha value is -3.13. The third-order valence-corrected chi connectivity index (χ3v) is 5.57. The van der Waals surface area contributed by atoms with Gasteiger partial charge in [-0.05, 0) is 30.2 Å². The topological polar surface area (TPSA) is 83.6 Å². The highest BCUT2D eigenvalue weighted by atomic mass is 16.5. The van der Waals surface area contributed by atoms with Crippen molar-refractivity contribution in [1.29, 1.82) is 0 Å². The number of H-pyrrole nitrogens is 1. The van der Waals surface area contributed by atoms with Crippen LogP contribution in [-0.4, -0.2) is 65.7 Å². The minimum absolute atomic E-state index is 0.0163. The van der Waals surface area contributed by atoms with E-state index in [-0.39, 0.29) is 5.91 Å². The summed E-state index contributed by atoms with van der Waals surface area (Å²) in [7, 11) is 1.63. The maximum Gasteiger partial charge on any atom is 0.270 e. The summed E-state index contributed by atoms with van der Waals surface area (Å²) >= 11 is 0. The molecule has 0 aliphatic carbocycles. The van der Waals surface area contributed by atoms with Crippen molar-refractivity contribution >= 4 is 22.8 Å². The van der Waals surface area contributed by atoms with E-state index in [1.165, 1.54) is 0 Å². The second-order valence-corrected chi connectivity index (χ2v) is 7.35. The van der Waals surface area contributed by atoms with Gasteiger partial charge in [0, 0.05) is 42.8 Å². The van der Waals surface area contributed by atoms with E-state index in [1.54, 1.807) is 7.11 Å². The number of nitrogens with one attached hydrogen (secondary N) is 1. The number of carbonyl (C=O) groups is 1. The fourth-order valence-corrected chi connectivity index (χ4v) is 3.90. The maximum atomic E-state index is 13.1. The molecule has 0 spiro atoms. The predicted molar refractivity (Wildman–Crippen MR) is 108 cm³/mol. The summed E-state index contributed by atoms with van der Waals surface area (Å²) in [6.45, 7) is 4.11. The van der Waals surface area contributed by atoms with Crippen LogP contribution in [0.5, 0.6) is 5.75 Å². The van der Waals surface area contributed by atoms with Crippen molar-refractivity contribution in [2.75, 3.05) is 44.9 Å². The SMILES string of the molecule is COc1ccc2cc(C(=O)N3CCc4cnc(N5CCOCC5)nc4C3)[nH]c2c1. The molecule has 150 valence electrons. The lowest BCUT2D eigenvalue weighted by molar-refractivity contribution is 0.0726. The van der Waals surface area contributed by atoms with Crippen molar-refractivity contribution in [3.05, 3.63) is 47.4 Å². The Morgan fingerprint density at radius 2 is 2.07 bits per heavy atom. The van der Waals surface area contributed by atoms with Crippen molar-refractivity contribution in [2.24, 2.45) is 0 Å². The molecule has 8 nitrogen and oxygen atoms in total. The van der Waals surface area contributed by atoms with Crippen LogP contribution in [0.3, 0.4) is 0 Å². The maximum absolute atomic E-state index is 13.1. The summed E-state index contributed by atoms with van der Waals surface area (Å²) in [5.41, 5.74) is 3.52. The number of anilines is 1. The first-order valence-corrected chi connectivity index (χ1v) is 9.85. The van der Waals surface area contributed by atoms with Crippen LogP contribution in [0.2, 0.25) is 0 Å². The zero-order chi connectivity index (χ0) is 19.8. The zero-order valence-electron chi connectivity index (χ0n) is 16.4. The third kappa shape index (κ3) is 3.40. The van der Waals surface area contributed by atoms with E-state index in [4.69, 9.17) is 14.5 Å². The van der Waals surface area contributed by atoms with E-state index in [9.17, 15) is 4.79 Å². The van der Waals surface area contributed by atoms with Crippen molar-refractivity contribution in [3.8, 4) is 5.75 Å². The fraction of sp³-hybridized carbons (Fsp3) is 0.381. The fourth-order valence-electron chi connectivity index (χ4n) is 3.90. The van der Waals surface area contributed by atoms with Gasteiger partial charge in [0.2, 0.25) is 5.95 Å². The van der Waals surface area contributed by atoms with Gasteiger partial charge in [0.15, 0.2) is 0 Å². The summed E-state index contributed by atoms with van der Waals surface area (Å²) in [6, 6.07) is 7.64. The van der Waals surface area contributed by atoms with Crippen LogP contribution in [-0.2, 0) is 17.7 Å². The van der Waals surface area contributed by atoms with Gasteiger partial charge in [-0.25, -0.2) is 9.97 Å². The average Bonchev–Trinajstić information content (AvgIpc) is 3.21. The number of hydrogen-bond donors (Lipinski definition) is 1. The Morgan fingerprint density at radius 3 is 2.90 bits per heavy atom. The molecule has 1 saturated heterocycles. The minimum Gasteiger partial charge on any atom is -0.497 e. The van der Waals surface area contributed by atoms with Gasteiger partial charge >= 0.3 is 0 Å². The highest BCUT2D eigenvalue weighted by Crippen LogP contribution is 2.24. The van der Waals surface area contributed by atoms with Gasteiger partial charge in [-0.3, -0.25) is 4.79 Å². The molecule has 0 unspecified atom stereocenters. The molecule has 4 heterocycles. The first kappa shape index (κ1) is 17.9. The number of hydrogen-bond acceptors (Lipinski definition) is 6. The molecular formula is C21H23N5O3. The first-order chi connectivity index (χ1) is 14.2. The number of nitrogens with zero attached hydrogens (tertiary/aromatic N) is 4. The van der Waals surface area contributed by atoms with E-state index in [0.717, 1.165) is 53.4 Å². The van der Waals surface area contributed by atoms with Gasteiger partial charge in [0.25, 0.3) is 5.91 Å². The molecule has 2 aromatic heterocycles. The second kappa shape index (κ2) is 7.36. The van der Waals surface area contributed by atoms with Crippen molar-refractivity contribution in [1.82, 2.24) is 19.9 Å². The molecule has 1 amide bonds. The van der Waals surface area contributed by atoms with Crippen LogP contribution < -0.4 is 9.64 Å². The Bertz CT molecular complexity index is 1060. The van der Waals surface area contributed by atoms with Crippen LogP contribution in [0, 0.1) is 0 Å². The third-order valence-electron chi connectivity index (χ3n) is 5.57.